The normalized spacial score (nSPS) is 21.8. The second-order valence-electron chi connectivity index (χ2n) is 5.12. The average Bonchev–Trinajstić information content (AvgIpc) is 2.92. The Bertz CT molecular complexity index is 544. The van der Waals surface area contributed by atoms with E-state index >= 15 is 0 Å². The number of rotatable bonds is 4. The Hall–Kier alpha value is -1.66. The van der Waals surface area contributed by atoms with E-state index in [1.54, 1.807) is 0 Å². The summed E-state index contributed by atoms with van der Waals surface area (Å²) in [5.74, 6) is -11.9. The van der Waals surface area contributed by atoms with E-state index in [4.69, 9.17) is 0 Å². The van der Waals surface area contributed by atoms with Gasteiger partial charge in [-0.1, -0.05) is 0 Å². The molecule has 1 aliphatic carbocycles. The van der Waals surface area contributed by atoms with Crippen molar-refractivity contribution < 1.29 is 31.9 Å². The molecule has 0 aliphatic heterocycles. The molecule has 2 atom stereocenters. The Labute approximate surface area is 117 Å². The average molecular weight is 306 g/mol. The van der Waals surface area contributed by atoms with Crippen molar-refractivity contribution in [3.05, 3.63) is 41.1 Å². The molecule has 0 amide bonds. The molecule has 0 N–H and O–H groups in total. The second kappa shape index (κ2) is 5.99. The smallest absolute Gasteiger partial charge is 0.247 e. The molecule has 2 radical (unpaired) electrons. The van der Waals surface area contributed by atoms with Crippen molar-refractivity contribution in [1.29, 1.82) is 0 Å². The van der Waals surface area contributed by atoms with Crippen LogP contribution in [0.25, 0.3) is 0 Å². The minimum absolute atomic E-state index is 0.0438. The van der Waals surface area contributed by atoms with Crippen LogP contribution in [0.5, 0.6) is 0 Å². The van der Waals surface area contributed by atoms with Crippen LogP contribution in [0.15, 0.2) is 0 Å². The van der Waals surface area contributed by atoms with Gasteiger partial charge in [-0.15, -0.1) is 0 Å². The van der Waals surface area contributed by atoms with Crippen LogP contribution in [0.1, 0.15) is 31.2 Å². The highest BCUT2D eigenvalue weighted by Crippen LogP contribution is 2.35. The molecular formula is C14H11F5O2. The first kappa shape index (κ1) is 15.7. The van der Waals surface area contributed by atoms with Crippen molar-refractivity contribution in [3.8, 4) is 0 Å². The first-order valence-corrected chi connectivity index (χ1v) is 6.38. The number of carbonyl (C=O) groups is 1. The minimum atomic E-state index is -2.19. The predicted octanol–water partition coefficient (Wildman–Crippen LogP) is 3.70. The molecule has 0 bridgehead atoms. The Morgan fingerprint density at radius 1 is 0.952 bits per heavy atom. The maximum Gasteiger partial charge on any atom is 0.358 e. The van der Waals surface area contributed by atoms with Gasteiger partial charge in [0.1, 0.15) is 0 Å². The third kappa shape index (κ3) is 3.01. The minimum Gasteiger partial charge on any atom is -0.247 e. The molecule has 2 unspecified atom stereocenters. The van der Waals surface area contributed by atoms with Crippen molar-refractivity contribution in [2.75, 3.05) is 0 Å². The topological polar surface area (TPSA) is 37.0 Å². The summed E-state index contributed by atoms with van der Waals surface area (Å²) in [6.45, 7) is 0. The van der Waals surface area contributed by atoms with E-state index in [-0.39, 0.29) is 18.8 Å². The third-order valence-electron chi connectivity index (χ3n) is 3.77. The van der Waals surface area contributed by atoms with Crippen LogP contribution < -0.4 is 0 Å². The van der Waals surface area contributed by atoms with Crippen molar-refractivity contribution in [3.63, 3.8) is 0 Å². The fourth-order valence-electron chi connectivity index (χ4n) is 2.59. The van der Waals surface area contributed by atoms with Gasteiger partial charge in [-0.05, 0) is 38.0 Å². The largest absolute Gasteiger partial charge is 0.358 e. The molecule has 1 aromatic carbocycles. The second-order valence-corrected chi connectivity index (χ2v) is 5.12. The Morgan fingerprint density at radius 2 is 1.48 bits per heavy atom. The number of hydrogen-bond donors (Lipinski definition) is 0. The molecule has 1 saturated carbocycles. The molecule has 1 aromatic rings. The van der Waals surface area contributed by atoms with E-state index in [9.17, 15) is 31.9 Å². The molecule has 0 aromatic heterocycles. The van der Waals surface area contributed by atoms with Gasteiger partial charge in [0.25, 0.3) is 0 Å². The van der Waals surface area contributed by atoms with Gasteiger partial charge in [0, 0.05) is 5.56 Å². The van der Waals surface area contributed by atoms with E-state index in [1.165, 1.54) is 0 Å². The van der Waals surface area contributed by atoms with E-state index in [0.29, 0.717) is 12.8 Å². The van der Waals surface area contributed by atoms with E-state index in [1.807, 2.05) is 0 Å². The van der Waals surface area contributed by atoms with Gasteiger partial charge in [-0.3, -0.25) is 0 Å². The van der Waals surface area contributed by atoms with Gasteiger partial charge >= 0.3 is 5.97 Å². The van der Waals surface area contributed by atoms with Gasteiger partial charge in [0.05, 0.1) is 5.92 Å². The third-order valence-corrected chi connectivity index (χ3v) is 3.77. The first-order valence-electron chi connectivity index (χ1n) is 6.38. The van der Waals surface area contributed by atoms with Crippen molar-refractivity contribution in [2.45, 2.75) is 25.7 Å². The summed E-state index contributed by atoms with van der Waals surface area (Å²) in [7, 11) is 0. The summed E-state index contributed by atoms with van der Waals surface area (Å²) in [5, 5.41) is 10.7. The molecule has 2 rings (SSSR count). The van der Waals surface area contributed by atoms with E-state index in [0.717, 1.165) is 6.42 Å². The molecule has 1 fully saturated rings. The highest BCUT2D eigenvalue weighted by molar-refractivity contribution is 5.69. The fraction of sp³-hybridized carbons (Fsp3) is 0.429. The maximum absolute atomic E-state index is 13.4. The van der Waals surface area contributed by atoms with Crippen LogP contribution in [0.3, 0.4) is 0 Å². The number of hydrogen-bond acceptors (Lipinski definition) is 1. The lowest BCUT2D eigenvalue weighted by atomic mass is 9.96. The predicted molar refractivity (Wildman–Crippen MR) is 60.8 cm³/mol. The summed E-state index contributed by atoms with van der Waals surface area (Å²) >= 11 is 0. The first-order chi connectivity index (χ1) is 9.82. The van der Waals surface area contributed by atoms with Gasteiger partial charge in [-0.2, -0.15) is 0 Å². The molecule has 0 spiro atoms. The zero-order valence-corrected chi connectivity index (χ0v) is 10.8. The van der Waals surface area contributed by atoms with Crippen LogP contribution in [0, 0.1) is 47.3 Å². The lowest BCUT2D eigenvalue weighted by molar-refractivity contribution is -0.147. The van der Waals surface area contributed by atoms with Crippen molar-refractivity contribution in [1.82, 2.24) is 0 Å². The SMILES string of the molecule is [O]C(=O)C1CCC(C[CH]c2c(F)c(F)c(F)c(F)c2F)C1. The number of carbonyl (C=O) groups excluding carboxylic acids is 1. The Balaban J connectivity index is 2.10. The van der Waals surface area contributed by atoms with Gasteiger partial charge in [0.15, 0.2) is 23.3 Å². The summed E-state index contributed by atoms with van der Waals surface area (Å²) in [6.07, 6.45) is 2.14. The Morgan fingerprint density at radius 3 is 1.95 bits per heavy atom. The van der Waals surface area contributed by atoms with Crippen LogP contribution in [0.4, 0.5) is 22.0 Å². The summed E-state index contributed by atoms with van der Waals surface area (Å²) in [4.78, 5) is 10.7. The number of halogens is 5. The monoisotopic (exact) mass is 306 g/mol. The number of benzene rings is 1. The molecule has 0 heterocycles. The molecule has 21 heavy (non-hydrogen) atoms. The van der Waals surface area contributed by atoms with Crippen LogP contribution in [-0.4, -0.2) is 5.97 Å². The highest BCUT2D eigenvalue weighted by atomic mass is 19.2. The molecule has 1 aliphatic rings. The molecule has 7 heteroatoms. The standard InChI is InChI=1S/C14H11F5O2/c15-9-8(10(16)12(18)13(19)11(9)17)4-2-6-1-3-7(5-6)14(20)21/h4,6-7H,1-3,5H2. The zero-order valence-electron chi connectivity index (χ0n) is 10.8. The van der Waals surface area contributed by atoms with Gasteiger partial charge in [0.2, 0.25) is 5.82 Å². The lowest BCUT2D eigenvalue weighted by Crippen LogP contribution is -2.09. The molecule has 2 nitrogen and oxygen atoms in total. The highest BCUT2D eigenvalue weighted by Gasteiger charge is 2.32. The Kier molecular flexibility index (Phi) is 4.49. The summed E-state index contributed by atoms with van der Waals surface area (Å²) < 4.78 is 65.7. The fourth-order valence-corrected chi connectivity index (χ4v) is 2.59. The molecule has 114 valence electrons. The molecule has 0 saturated heterocycles. The van der Waals surface area contributed by atoms with Gasteiger partial charge < -0.3 is 0 Å². The van der Waals surface area contributed by atoms with E-state index < -0.39 is 46.5 Å². The summed E-state index contributed by atoms with van der Waals surface area (Å²) in [5.41, 5.74) is -0.969. The summed E-state index contributed by atoms with van der Waals surface area (Å²) in [6, 6.07) is 0. The maximum atomic E-state index is 13.4. The van der Waals surface area contributed by atoms with Crippen LogP contribution in [-0.2, 0) is 9.90 Å². The van der Waals surface area contributed by atoms with Gasteiger partial charge in [-0.25, -0.2) is 31.9 Å². The quantitative estimate of drug-likeness (QED) is 0.475. The molecular weight excluding hydrogens is 295 g/mol. The lowest BCUT2D eigenvalue weighted by Gasteiger charge is -2.11. The van der Waals surface area contributed by atoms with Crippen molar-refractivity contribution >= 4 is 5.97 Å². The van der Waals surface area contributed by atoms with Crippen LogP contribution in [0.2, 0.25) is 0 Å². The zero-order chi connectivity index (χ0) is 15.7. The van der Waals surface area contributed by atoms with E-state index in [2.05, 4.69) is 0 Å². The van der Waals surface area contributed by atoms with Crippen LogP contribution >= 0.6 is 0 Å². The van der Waals surface area contributed by atoms with Crippen molar-refractivity contribution in [2.24, 2.45) is 11.8 Å².